The molecule has 2 aromatic carbocycles. The van der Waals surface area contributed by atoms with Crippen LogP contribution in [0, 0.1) is 6.92 Å². The lowest BCUT2D eigenvalue weighted by Gasteiger charge is -2.28. The predicted molar refractivity (Wildman–Crippen MR) is 91.5 cm³/mol. The third-order valence-electron chi connectivity index (χ3n) is 3.42. The summed E-state index contributed by atoms with van der Waals surface area (Å²) in [4.78, 5) is 0.239. The Labute approximate surface area is 138 Å². The summed E-state index contributed by atoms with van der Waals surface area (Å²) in [6.07, 6.45) is 0. The van der Waals surface area contributed by atoms with Crippen LogP contribution in [0.4, 0.5) is 0 Å². The van der Waals surface area contributed by atoms with Crippen molar-refractivity contribution in [3.8, 4) is 0 Å². The van der Waals surface area contributed by atoms with Gasteiger partial charge in [-0.3, -0.25) is 0 Å². The third kappa shape index (κ3) is 4.89. The highest BCUT2D eigenvalue weighted by atomic mass is 32.2. The normalized spacial score (nSPS) is 12.6. The molecule has 0 aliphatic heterocycles. The minimum Gasteiger partial charge on any atom is -0.389 e. The summed E-state index contributed by atoms with van der Waals surface area (Å²) in [5.74, 6) is 0. The summed E-state index contributed by atoms with van der Waals surface area (Å²) in [5.41, 5.74) is 0.764. The second-order valence-electron chi connectivity index (χ2n) is 6.38. The van der Waals surface area contributed by atoms with Crippen LogP contribution in [-0.4, -0.2) is 30.0 Å². The molecule has 23 heavy (non-hydrogen) atoms. The summed E-state index contributed by atoms with van der Waals surface area (Å²) < 4.78 is 27.2. The van der Waals surface area contributed by atoms with Gasteiger partial charge in [0.1, 0.15) is 0 Å². The Morgan fingerprint density at radius 1 is 1.00 bits per heavy atom. The summed E-state index contributed by atoms with van der Waals surface area (Å²) in [5, 5.41) is 10.1. The van der Waals surface area contributed by atoms with Gasteiger partial charge < -0.3 is 5.11 Å². The Bertz CT molecular complexity index is 732. The molecule has 1 N–H and O–H groups in total. The highest BCUT2D eigenvalue weighted by molar-refractivity contribution is 7.89. The van der Waals surface area contributed by atoms with E-state index in [-0.39, 0.29) is 18.0 Å². The number of nitrogens with zero attached hydrogens (tertiary/aromatic N) is 1. The van der Waals surface area contributed by atoms with Gasteiger partial charge in [0, 0.05) is 13.1 Å². The van der Waals surface area contributed by atoms with Gasteiger partial charge in [0.15, 0.2) is 0 Å². The third-order valence-corrected chi connectivity index (χ3v) is 5.23. The van der Waals surface area contributed by atoms with Crippen LogP contribution in [0.2, 0.25) is 0 Å². The van der Waals surface area contributed by atoms with Crippen LogP contribution < -0.4 is 0 Å². The topological polar surface area (TPSA) is 57.6 Å². The van der Waals surface area contributed by atoms with Gasteiger partial charge in [-0.05, 0) is 38.5 Å². The van der Waals surface area contributed by atoms with Gasteiger partial charge in [-0.2, -0.15) is 4.31 Å². The molecule has 2 aromatic rings. The Morgan fingerprint density at radius 3 is 2.09 bits per heavy atom. The Balaban J connectivity index is 2.37. The minimum absolute atomic E-state index is 0.0259. The first kappa shape index (κ1) is 17.7. The number of rotatable bonds is 6. The maximum atomic E-state index is 12.9. The molecule has 0 atom stereocenters. The van der Waals surface area contributed by atoms with Crippen molar-refractivity contribution in [3.05, 3.63) is 65.7 Å². The molecule has 2 rings (SSSR count). The number of hydrogen-bond acceptors (Lipinski definition) is 3. The van der Waals surface area contributed by atoms with E-state index < -0.39 is 15.6 Å². The average molecular weight is 333 g/mol. The molecule has 0 radical (unpaired) electrons. The lowest BCUT2D eigenvalue weighted by molar-refractivity contribution is 0.0577. The maximum Gasteiger partial charge on any atom is 0.243 e. The molecular weight excluding hydrogens is 310 g/mol. The molecule has 0 spiro atoms. The van der Waals surface area contributed by atoms with E-state index in [0.717, 1.165) is 11.1 Å². The molecule has 0 fully saturated rings. The fraction of sp³-hybridized carbons (Fsp3) is 0.333. The van der Waals surface area contributed by atoms with Gasteiger partial charge in [0.25, 0.3) is 0 Å². The van der Waals surface area contributed by atoms with Crippen LogP contribution in [-0.2, 0) is 16.6 Å². The highest BCUT2D eigenvalue weighted by Crippen LogP contribution is 2.21. The maximum absolute atomic E-state index is 12.9. The zero-order chi connectivity index (χ0) is 17.1. The van der Waals surface area contributed by atoms with Gasteiger partial charge >= 0.3 is 0 Å². The van der Waals surface area contributed by atoms with Crippen LogP contribution in [0.15, 0.2) is 59.5 Å². The summed E-state index contributed by atoms with van der Waals surface area (Å²) in [6.45, 7) is 5.37. The standard InChI is InChI=1S/C18H23NO3S/c1-15-9-11-17(12-10-15)23(21,22)19(14-18(2,3)20)13-16-7-5-4-6-8-16/h4-12,20H,13-14H2,1-3H3. The van der Waals surface area contributed by atoms with Gasteiger partial charge in [0.2, 0.25) is 10.0 Å². The van der Waals surface area contributed by atoms with Crippen molar-refractivity contribution in [2.75, 3.05) is 6.54 Å². The van der Waals surface area contributed by atoms with E-state index in [2.05, 4.69) is 0 Å². The monoisotopic (exact) mass is 333 g/mol. The van der Waals surface area contributed by atoms with Gasteiger partial charge in [-0.15, -0.1) is 0 Å². The lowest BCUT2D eigenvalue weighted by atomic mass is 10.1. The number of benzene rings is 2. The number of hydrogen-bond donors (Lipinski definition) is 1. The van der Waals surface area contributed by atoms with Crippen molar-refractivity contribution in [2.24, 2.45) is 0 Å². The molecule has 5 heteroatoms. The first-order chi connectivity index (χ1) is 10.7. The fourth-order valence-corrected chi connectivity index (χ4v) is 3.89. The van der Waals surface area contributed by atoms with E-state index in [1.54, 1.807) is 38.1 Å². The summed E-state index contributed by atoms with van der Waals surface area (Å²) in [7, 11) is -3.68. The van der Waals surface area contributed by atoms with E-state index in [1.807, 2.05) is 37.3 Å². The van der Waals surface area contributed by atoms with Crippen LogP contribution in [0.1, 0.15) is 25.0 Å². The van der Waals surface area contributed by atoms with Crippen molar-refractivity contribution in [1.82, 2.24) is 4.31 Å². The molecule has 0 saturated heterocycles. The van der Waals surface area contributed by atoms with Crippen LogP contribution in [0.5, 0.6) is 0 Å². The molecule has 124 valence electrons. The van der Waals surface area contributed by atoms with E-state index in [4.69, 9.17) is 0 Å². The molecule has 0 saturated carbocycles. The van der Waals surface area contributed by atoms with Crippen molar-refractivity contribution in [3.63, 3.8) is 0 Å². The molecule has 0 unspecified atom stereocenters. The molecule has 0 aliphatic carbocycles. The van der Waals surface area contributed by atoms with Gasteiger partial charge in [-0.25, -0.2) is 8.42 Å². The zero-order valence-electron chi connectivity index (χ0n) is 13.7. The molecule has 0 amide bonds. The quantitative estimate of drug-likeness (QED) is 0.884. The second-order valence-corrected chi connectivity index (χ2v) is 8.32. The van der Waals surface area contributed by atoms with Crippen molar-refractivity contribution >= 4 is 10.0 Å². The SMILES string of the molecule is Cc1ccc(S(=O)(=O)N(Cc2ccccc2)CC(C)(C)O)cc1. The molecule has 0 aromatic heterocycles. The number of sulfonamides is 1. The first-order valence-corrected chi connectivity index (χ1v) is 8.96. The van der Waals surface area contributed by atoms with Crippen molar-refractivity contribution < 1.29 is 13.5 Å². The fourth-order valence-electron chi connectivity index (χ4n) is 2.30. The number of aliphatic hydroxyl groups is 1. The number of aryl methyl sites for hydroxylation is 1. The van der Waals surface area contributed by atoms with E-state index in [0.29, 0.717) is 0 Å². The Morgan fingerprint density at radius 2 is 1.57 bits per heavy atom. The van der Waals surface area contributed by atoms with E-state index in [9.17, 15) is 13.5 Å². The van der Waals surface area contributed by atoms with Crippen LogP contribution >= 0.6 is 0 Å². The molecule has 0 aliphatic rings. The second kappa shape index (κ2) is 6.83. The molecule has 0 heterocycles. The Hall–Kier alpha value is -1.69. The molecule has 0 bridgehead atoms. The molecular formula is C18H23NO3S. The van der Waals surface area contributed by atoms with E-state index >= 15 is 0 Å². The minimum atomic E-state index is -3.68. The van der Waals surface area contributed by atoms with Crippen molar-refractivity contribution in [2.45, 2.75) is 37.8 Å². The summed E-state index contributed by atoms with van der Waals surface area (Å²) in [6, 6.07) is 16.1. The smallest absolute Gasteiger partial charge is 0.243 e. The summed E-state index contributed by atoms with van der Waals surface area (Å²) >= 11 is 0. The highest BCUT2D eigenvalue weighted by Gasteiger charge is 2.29. The predicted octanol–water partition coefficient (Wildman–Crippen LogP) is 2.96. The van der Waals surface area contributed by atoms with Crippen molar-refractivity contribution in [1.29, 1.82) is 0 Å². The van der Waals surface area contributed by atoms with Gasteiger partial charge in [-0.1, -0.05) is 48.0 Å². The first-order valence-electron chi connectivity index (χ1n) is 7.52. The molecule has 4 nitrogen and oxygen atoms in total. The lowest BCUT2D eigenvalue weighted by Crippen LogP contribution is -2.41. The van der Waals surface area contributed by atoms with Crippen LogP contribution in [0.3, 0.4) is 0 Å². The largest absolute Gasteiger partial charge is 0.389 e. The van der Waals surface area contributed by atoms with Gasteiger partial charge in [0.05, 0.1) is 10.5 Å². The van der Waals surface area contributed by atoms with Crippen LogP contribution in [0.25, 0.3) is 0 Å². The van der Waals surface area contributed by atoms with E-state index in [1.165, 1.54) is 4.31 Å². The Kier molecular flexibility index (Phi) is 5.24. The average Bonchev–Trinajstić information content (AvgIpc) is 2.47. The zero-order valence-corrected chi connectivity index (χ0v) is 14.5.